The zero-order valence-corrected chi connectivity index (χ0v) is 13.2. The number of rotatable bonds is 2. The Balaban J connectivity index is 2.29. The van der Waals surface area contributed by atoms with E-state index >= 15 is 0 Å². The molecule has 3 aromatic rings. The number of hydrogen-bond acceptors (Lipinski definition) is 3. The van der Waals surface area contributed by atoms with Crippen molar-refractivity contribution in [3.05, 3.63) is 71.3 Å². The maximum Gasteiger partial charge on any atom is 0.142 e. The highest BCUT2D eigenvalue weighted by Gasteiger charge is 2.14. The third-order valence-corrected chi connectivity index (χ3v) is 3.91. The van der Waals surface area contributed by atoms with Gasteiger partial charge in [-0.25, -0.2) is 4.98 Å². The van der Waals surface area contributed by atoms with Gasteiger partial charge >= 0.3 is 0 Å². The molecule has 0 aliphatic rings. The van der Waals surface area contributed by atoms with E-state index in [1.54, 1.807) is 0 Å². The molecule has 3 nitrogen and oxygen atoms in total. The Morgan fingerprint density at radius 3 is 2.39 bits per heavy atom. The molecule has 0 aliphatic carbocycles. The van der Waals surface area contributed by atoms with Crippen LogP contribution in [0.3, 0.4) is 0 Å². The number of pyridine rings is 1. The Labute approximate surface area is 136 Å². The van der Waals surface area contributed by atoms with Crippen LogP contribution in [0.2, 0.25) is 0 Å². The molecule has 112 valence electrons. The second-order valence-corrected chi connectivity index (χ2v) is 5.61. The van der Waals surface area contributed by atoms with Crippen molar-refractivity contribution in [2.24, 2.45) is 0 Å². The van der Waals surface area contributed by atoms with Gasteiger partial charge in [0.2, 0.25) is 0 Å². The summed E-state index contributed by atoms with van der Waals surface area (Å²) in [4.78, 5) is 4.41. The van der Waals surface area contributed by atoms with E-state index in [2.05, 4.69) is 29.3 Å². The first-order valence-electron chi connectivity index (χ1n) is 7.44. The summed E-state index contributed by atoms with van der Waals surface area (Å²) in [5, 5.41) is 9.51. The normalized spacial score (nSPS) is 10.3. The van der Waals surface area contributed by atoms with Gasteiger partial charge < -0.3 is 5.73 Å². The quantitative estimate of drug-likeness (QED) is 0.758. The van der Waals surface area contributed by atoms with Crippen LogP contribution in [-0.2, 0) is 0 Å². The SMILES string of the molecule is Cc1ccc(C)c(-c2cc(-c3ccccc3)nc(N)c2C#N)c1. The maximum absolute atomic E-state index is 9.51. The highest BCUT2D eigenvalue weighted by atomic mass is 14.8. The van der Waals surface area contributed by atoms with E-state index in [1.807, 2.05) is 50.2 Å². The van der Waals surface area contributed by atoms with Crippen molar-refractivity contribution in [1.82, 2.24) is 4.98 Å². The van der Waals surface area contributed by atoms with Crippen LogP contribution in [-0.4, -0.2) is 4.98 Å². The number of aryl methyl sites for hydroxylation is 2. The van der Waals surface area contributed by atoms with Gasteiger partial charge in [0.05, 0.1) is 5.69 Å². The summed E-state index contributed by atoms with van der Waals surface area (Å²) < 4.78 is 0. The summed E-state index contributed by atoms with van der Waals surface area (Å²) in [5.74, 6) is 0.268. The number of nitrogen functional groups attached to an aromatic ring is 1. The van der Waals surface area contributed by atoms with Gasteiger partial charge in [0.1, 0.15) is 17.5 Å². The molecule has 0 aliphatic heterocycles. The van der Waals surface area contributed by atoms with E-state index < -0.39 is 0 Å². The predicted octanol–water partition coefficient (Wildman–Crippen LogP) is 4.49. The standard InChI is InChI=1S/C20H17N3/c1-13-8-9-14(2)16(10-13)17-11-19(15-6-4-3-5-7-15)23-20(22)18(17)12-21/h3-11H,1-2H3,(H2,22,23). The van der Waals surface area contributed by atoms with Crippen LogP contribution in [0, 0.1) is 25.2 Å². The van der Waals surface area contributed by atoms with Gasteiger partial charge in [-0.05, 0) is 31.0 Å². The van der Waals surface area contributed by atoms with Gasteiger partial charge in [-0.3, -0.25) is 0 Å². The van der Waals surface area contributed by atoms with E-state index in [-0.39, 0.29) is 5.82 Å². The Bertz CT molecular complexity index is 906. The van der Waals surface area contributed by atoms with Crippen molar-refractivity contribution < 1.29 is 0 Å². The van der Waals surface area contributed by atoms with Crippen LogP contribution in [0.1, 0.15) is 16.7 Å². The molecule has 0 saturated carbocycles. The zero-order valence-electron chi connectivity index (χ0n) is 13.2. The monoisotopic (exact) mass is 299 g/mol. The first-order valence-corrected chi connectivity index (χ1v) is 7.44. The highest BCUT2D eigenvalue weighted by molar-refractivity contribution is 5.81. The molecule has 1 heterocycles. The molecule has 0 unspecified atom stereocenters. The smallest absolute Gasteiger partial charge is 0.142 e. The molecule has 2 N–H and O–H groups in total. The lowest BCUT2D eigenvalue weighted by molar-refractivity contribution is 1.30. The van der Waals surface area contributed by atoms with Crippen LogP contribution >= 0.6 is 0 Å². The van der Waals surface area contributed by atoms with E-state index in [0.29, 0.717) is 5.56 Å². The lowest BCUT2D eigenvalue weighted by Crippen LogP contribution is -2.00. The minimum atomic E-state index is 0.268. The van der Waals surface area contributed by atoms with Gasteiger partial charge in [0, 0.05) is 11.1 Å². The van der Waals surface area contributed by atoms with Crippen LogP contribution in [0.5, 0.6) is 0 Å². The minimum Gasteiger partial charge on any atom is -0.383 e. The minimum absolute atomic E-state index is 0.268. The molecule has 0 saturated heterocycles. The highest BCUT2D eigenvalue weighted by Crippen LogP contribution is 2.33. The number of benzene rings is 2. The molecule has 0 amide bonds. The summed E-state index contributed by atoms with van der Waals surface area (Å²) >= 11 is 0. The molecule has 3 rings (SSSR count). The molecule has 2 aromatic carbocycles. The second-order valence-electron chi connectivity index (χ2n) is 5.61. The average molecular weight is 299 g/mol. The van der Waals surface area contributed by atoms with Crippen LogP contribution in [0.25, 0.3) is 22.4 Å². The third kappa shape index (κ3) is 2.79. The fraction of sp³-hybridized carbons (Fsp3) is 0.100. The van der Waals surface area contributed by atoms with Crippen molar-refractivity contribution in [2.75, 3.05) is 5.73 Å². The Kier molecular flexibility index (Phi) is 3.82. The summed E-state index contributed by atoms with van der Waals surface area (Å²) in [6.45, 7) is 4.08. The molecular formula is C20H17N3. The molecule has 0 spiro atoms. The lowest BCUT2D eigenvalue weighted by atomic mass is 9.94. The van der Waals surface area contributed by atoms with Gasteiger partial charge in [-0.2, -0.15) is 5.26 Å². The number of nitrogens with two attached hydrogens (primary N) is 1. The molecule has 0 radical (unpaired) electrons. The third-order valence-electron chi connectivity index (χ3n) is 3.91. The Morgan fingerprint density at radius 1 is 0.957 bits per heavy atom. The van der Waals surface area contributed by atoms with Gasteiger partial charge in [0.15, 0.2) is 0 Å². The summed E-state index contributed by atoms with van der Waals surface area (Å²) in [7, 11) is 0. The number of nitrogens with zero attached hydrogens (tertiary/aromatic N) is 2. The fourth-order valence-corrected chi connectivity index (χ4v) is 2.68. The van der Waals surface area contributed by atoms with Crippen molar-refractivity contribution in [1.29, 1.82) is 5.26 Å². The molecule has 0 atom stereocenters. The van der Waals surface area contributed by atoms with Crippen LogP contribution < -0.4 is 5.73 Å². The molecular weight excluding hydrogens is 282 g/mol. The van der Waals surface area contributed by atoms with Crippen molar-refractivity contribution >= 4 is 5.82 Å². The Hall–Kier alpha value is -3.12. The molecule has 23 heavy (non-hydrogen) atoms. The molecule has 1 aromatic heterocycles. The van der Waals surface area contributed by atoms with E-state index in [1.165, 1.54) is 0 Å². The number of nitriles is 1. The lowest BCUT2D eigenvalue weighted by Gasteiger charge is -2.13. The summed E-state index contributed by atoms with van der Waals surface area (Å²) in [6, 6.07) is 20.2. The summed E-state index contributed by atoms with van der Waals surface area (Å²) in [6.07, 6.45) is 0. The second kappa shape index (κ2) is 5.94. The summed E-state index contributed by atoms with van der Waals surface area (Å²) in [5.41, 5.74) is 12.4. The van der Waals surface area contributed by atoms with Crippen molar-refractivity contribution in [3.63, 3.8) is 0 Å². The number of hydrogen-bond donors (Lipinski definition) is 1. The molecule has 0 bridgehead atoms. The Morgan fingerprint density at radius 2 is 1.70 bits per heavy atom. The van der Waals surface area contributed by atoms with Crippen molar-refractivity contribution in [2.45, 2.75) is 13.8 Å². The number of aromatic nitrogens is 1. The molecule has 3 heteroatoms. The number of anilines is 1. The first-order chi connectivity index (χ1) is 11.1. The van der Waals surface area contributed by atoms with Crippen molar-refractivity contribution in [3.8, 4) is 28.5 Å². The van der Waals surface area contributed by atoms with Crippen LogP contribution in [0.15, 0.2) is 54.6 Å². The van der Waals surface area contributed by atoms with E-state index in [0.717, 1.165) is 33.5 Å². The zero-order chi connectivity index (χ0) is 16.4. The van der Waals surface area contributed by atoms with E-state index in [9.17, 15) is 5.26 Å². The van der Waals surface area contributed by atoms with Crippen LogP contribution in [0.4, 0.5) is 5.82 Å². The van der Waals surface area contributed by atoms with Gasteiger partial charge in [0.25, 0.3) is 0 Å². The van der Waals surface area contributed by atoms with Gasteiger partial charge in [-0.1, -0.05) is 54.1 Å². The first kappa shape index (κ1) is 14.8. The topological polar surface area (TPSA) is 62.7 Å². The van der Waals surface area contributed by atoms with Gasteiger partial charge in [-0.15, -0.1) is 0 Å². The fourth-order valence-electron chi connectivity index (χ4n) is 2.68. The van der Waals surface area contributed by atoms with E-state index in [4.69, 9.17) is 5.73 Å². The predicted molar refractivity (Wildman–Crippen MR) is 93.7 cm³/mol. The molecule has 0 fully saturated rings. The largest absolute Gasteiger partial charge is 0.383 e. The average Bonchev–Trinajstić information content (AvgIpc) is 2.57. The maximum atomic E-state index is 9.51.